The number of esters is 1. The number of nitrogens with one attached hydrogen (secondary N) is 1. The number of hydrogen-bond donors (Lipinski definition) is 1. The summed E-state index contributed by atoms with van der Waals surface area (Å²) < 4.78 is 7.79. The zero-order valence-electron chi connectivity index (χ0n) is 18.2. The number of amides is 1. The molecule has 2 aromatic heterocycles. The Kier molecular flexibility index (Phi) is 5.98. The Bertz CT molecular complexity index is 1260. The lowest BCUT2D eigenvalue weighted by Gasteiger charge is -2.30. The van der Waals surface area contributed by atoms with E-state index in [-0.39, 0.29) is 40.9 Å². The van der Waals surface area contributed by atoms with Gasteiger partial charge in [0.05, 0.1) is 30.1 Å². The number of carbonyl (C=O) groups excluding carboxylic acids is 2. The van der Waals surface area contributed by atoms with Crippen LogP contribution >= 0.6 is 0 Å². The molecule has 1 aromatic carbocycles. The third-order valence-electron chi connectivity index (χ3n) is 5.92. The SMILES string of the molecule is CCOC(=O)C1CCN(C(=O)c2cn(C)c3c(=O)n(Cc4ccccc4)c(=O)[nH]c23)CC1. The topological polar surface area (TPSA) is 106 Å². The maximum absolute atomic E-state index is 13.2. The minimum Gasteiger partial charge on any atom is -0.466 e. The first-order chi connectivity index (χ1) is 15.4. The smallest absolute Gasteiger partial charge is 0.329 e. The number of benzene rings is 1. The fourth-order valence-corrected chi connectivity index (χ4v) is 4.23. The number of carbonyl (C=O) groups is 2. The summed E-state index contributed by atoms with van der Waals surface area (Å²) in [7, 11) is 1.68. The van der Waals surface area contributed by atoms with E-state index in [9.17, 15) is 19.2 Å². The maximum atomic E-state index is 13.2. The second kappa shape index (κ2) is 8.86. The molecule has 3 heterocycles. The monoisotopic (exact) mass is 438 g/mol. The van der Waals surface area contributed by atoms with Crippen molar-refractivity contribution in [3.63, 3.8) is 0 Å². The van der Waals surface area contributed by atoms with E-state index in [1.165, 1.54) is 0 Å². The molecule has 0 radical (unpaired) electrons. The fourth-order valence-electron chi connectivity index (χ4n) is 4.23. The third-order valence-corrected chi connectivity index (χ3v) is 5.92. The number of aromatic nitrogens is 3. The molecule has 1 amide bonds. The van der Waals surface area contributed by atoms with Crippen molar-refractivity contribution in [3.05, 3.63) is 68.5 Å². The van der Waals surface area contributed by atoms with Crippen molar-refractivity contribution in [3.8, 4) is 0 Å². The van der Waals surface area contributed by atoms with Gasteiger partial charge in [0.25, 0.3) is 11.5 Å². The highest BCUT2D eigenvalue weighted by atomic mass is 16.5. The van der Waals surface area contributed by atoms with Crippen LogP contribution in [0.5, 0.6) is 0 Å². The number of H-pyrrole nitrogens is 1. The zero-order chi connectivity index (χ0) is 22.8. The van der Waals surface area contributed by atoms with E-state index in [0.717, 1.165) is 10.1 Å². The Labute approximate surface area is 184 Å². The van der Waals surface area contributed by atoms with Gasteiger partial charge in [0.1, 0.15) is 5.52 Å². The molecule has 1 aliphatic rings. The van der Waals surface area contributed by atoms with Crippen molar-refractivity contribution in [1.29, 1.82) is 0 Å². The van der Waals surface area contributed by atoms with Gasteiger partial charge in [-0.15, -0.1) is 0 Å². The second-order valence-electron chi connectivity index (χ2n) is 8.00. The van der Waals surface area contributed by atoms with Crippen molar-refractivity contribution >= 4 is 22.9 Å². The van der Waals surface area contributed by atoms with Gasteiger partial charge < -0.3 is 19.2 Å². The minimum atomic E-state index is -0.562. The van der Waals surface area contributed by atoms with Gasteiger partial charge in [-0.1, -0.05) is 30.3 Å². The van der Waals surface area contributed by atoms with E-state index in [4.69, 9.17) is 4.74 Å². The molecule has 3 aromatic rings. The number of ether oxygens (including phenoxy) is 1. The first-order valence-corrected chi connectivity index (χ1v) is 10.7. The summed E-state index contributed by atoms with van der Waals surface area (Å²) in [6.45, 7) is 3.07. The van der Waals surface area contributed by atoms with Gasteiger partial charge in [0.15, 0.2) is 0 Å². The van der Waals surface area contributed by atoms with Crippen LogP contribution in [-0.2, 0) is 23.1 Å². The van der Waals surface area contributed by atoms with Crippen molar-refractivity contribution in [1.82, 2.24) is 19.0 Å². The predicted molar refractivity (Wildman–Crippen MR) is 119 cm³/mol. The van der Waals surface area contributed by atoms with Gasteiger partial charge in [-0.05, 0) is 25.3 Å². The molecule has 1 fully saturated rings. The third kappa shape index (κ3) is 3.98. The molecule has 0 spiro atoms. The van der Waals surface area contributed by atoms with Gasteiger partial charge in [-0.2, -0.15) is 0 Å². The lowest BCUT2D eigenvalue weighted by Crippen LogP contribution is -2.41. The second-order valence-corrected chi connectivity index (χ2v) is 8.00. The first kappa shape index (κ1) is 21.6. The van der Waals surface area contributed by atoms with Gasteiger partial charge >= 0.3 is 11.7 Å². The number of aromatic amines is 1. The average Bonchev–Trinajstić information content (AvgIpc) is 3.13. The van der Waals surface area contributed by atoms with Crippen molar-refractivity contribution in [2.24, 2.45) is 13.0 Å². The Morgan fingerprint density at radius 1 is 1.12 bits per heavy atom. The van der Waals surface area contributed by atoms with Crippen LogP contribution in [0.25, 0.3) is 11.0 Å². The fraction of sp³-hybridized carbons (Fsp3) is 0.391. The molecule has 168 valence electrons. The van der Waals surface area contributed by atoms with Crippen LogP contribution < -0.4 is 11.2 Å². The highest BCUT2D eigenvalue weighted by molar-refractivity contribution is 6.05. The molecular weight excluding hydrogens is 412 g/mol. The van der Waals surface area contributed by atoms with E-state index in [0.29, 0.717) is 32.5 Å². The standard InChI is InChI=1S/C23H26N4O5/c1-3-32-22(30)16-9-11-26(12-10-16)20(28)17-14-25(2)19-18(17)24-23(31)27(21(19)29)13-15-7-5-4-6-8-15/h4-8,14,16H,3,9-13H2,1-2H3,(H,24,31). The summed E-state index contributed by atoms with van der Waals surface area (Å²) in [5.41, 5.74) is 0.602. The molecule has 0 bridgehead atoms. The van der Waals surface area contributed by atoms with E-state index in [1.54, 1.807) is 29.6 Å². The average molecular weight is 438 g/mol. The largest absolute Gasteiger partial charge is 0.466 e. The molecule has 1 aliphatic heterocycles. The van der Waals surface area contributed by atoms with E-state index in [2.05, 4.69) is 4.98 Å². The lowest BCUT2D eigenvalue weighted by atomic mass is 9.96. The summed E-state index contributed by atoms with van der Waals surface area (Å²) in [5.74, 6) is -0.710. The van der Waals surface area contributed by atoms with E-state index in [1.807, 2.05) is 30.3 Å². The van der Waals surface area contributed by atoms with Crippen LogP contribution in [-0.4, -0.2) is 50.6 Å². The number of rotatable bonds is 5. The number of likely N-dealkylation sites (tertiary alicyclic amines) is 1. The molecule has 1 saturated heterocycles. The summed E-state index contributed by atoms with van der Waals surface area (Å²) >= 11 is 0. The highest BCUT2D eigenvalue weighted by Crippen LogP contribution is 2.23. The number of fused-ring (bicyclic) bond motifs is 1. The van der Waals surface area contributed by atoms with Crippen LogP contribution in [0.15, 0.2) is 46.1 Å². The minimum absolute atomic E-state index is 0.140. The van der Waals surface area contributed by atoms with Crippen molar-refractivity contribution in [2.75, 3.05) is 19.7 Å². The Morgan fingerprint density at radius 2 is 1.81 bits per heavy atom. The Morgan fingerprint density at radius 3 is 2.47 bits per heavy atom. The summed E-state index contributed by atoms with van der Waals surface area (Å²) in [6.07, 6.45) is 2.63. The van der Waals surface area contributed by atoms with Crippen LogP contribution in [0.1, 0.15) is 35.7 Å². The molecule has 4 rings (SSSR count). The number of nitrogens with zero attached hydrogens (tertiary/aromatic N) is 3. The van der Waals surface area contributed by atoms with Crippen molar-refractivity contribution < 1.29 is 14.3 Å². The van der Waals surface area contributed by atoms with Gasteiger partial charge in [-0.25, -0.2) is 4.79 Å². The number of hydrogen-bond acceptors (Lipinski definition) is 5. The van der Waals surface area contributed by atoms with Gasteiger partial charge in [0, 0.05) is 26.3 Å². The first-order valence-electron chi connectivity index (χ1n) is 10.7. The molecule has 9 heteroatoms. The molecule has 32 heavy (non-hydrogen) atoms. The van der Waals surface area contributed by atoms with Gasteiger partial charge in [-0.3, -0.25) is 19.0 Å². The number of aryl methyl sites for hydroxylation is 1. The lowest BCUT2D eigenvalue weighted by molar-refractivity contribution is -0.149. The molecule has 0 atom stereocenters. The molecule has 1 N–H and O–H groups in total. The van der Waals surface area contributed by atoms with E-state index >= 15 is 0 Å². The quantitative estimate of drug-likeness (QED) is 0.608. The zero-order valence-corrected chi connectivity index (χ0v) is 18.2. The number of piperidine rings is 1. The normalized spacial score (nSPS) is 14.6. The Hall–Kier alpha value is -3.62. The van der Waals surface area contributed by atoms with Crippen LogP contribution in [0.4, 0.5) is 0 Å². The molecule has 9 nitrogen and oxygen atoms in total. The molecular formula is C23H26N4O5. The van der Waals surface area contributed by atoms with Crippen LogP contribution in [0.3, 0.4) is 0 Å². The summed E-state index contributed by atoms with van der Waals surface area (Å²) in [5, 5.41) is 0. The van der Waals surface area contributed by atoms with E-state index < -0.39 is 11.2 Å². The molecule has 0 aliphatic carbocycles. The molecule has 0 saturated carbocycles. The highest BCUT2D eigenvalue weighted by Gasteiger charge is 2.30. The molecule has 0 unspecified atom stereocenters. The van der Waals surface area contributed by atoms with Crippen LogP contribution in [0.2, 0.25) is 0 Å². The van der Waals surface area contributed by atoms with Gasteiger partial charge in [0.2, 0.25) is 0 Å². The summed E-state index contributed by atoms with van der Waals surface area (Å²) in [4.78, 5) is 55.4. The Balaban J connectivity index is 1.62. The summed E-state index contributed by atoms with van der Waals surface area (Å²) in [6, 6.07) is 9.24. The maximum Gasteiger partial charge on any atom is 0.329 e. The van der Waals surface area contributed by atoms with Crippen LogP contribution in [0, 0.1) is 5.92 Å². The van der Waals surface area contributed by atoms with Crippen molar-refractivity contribution in [2.45, 2.75) is 26.3 Å². The predicted octanol–water partition coefficient (Wildman–Crippen LogP) is 1.49.